The van der Waals surface area contributed by atoms with E-state index in [4.69, 9.17) is 0 Å². The molecule has 0 radical (unpaired) electrons. The van der Waals surface area contributed by atoms with Gasteiger partial charge in [0, 0.05) is 20.1 Å². The van der Waals surface area contributed by atoms with Crippen molar-refractivity contribution in [1.29, 1.82) is 0 Å². The molecule has 110 valence electrons. The van der Waals surface area contributed by atoms with E-state index >= 15 is 0 Å². The first-order valence-corrected chi connectivity index (χ1v) is 6.76. The van der Waals surface area contributed by atoms with Crippen LogP contribution < -0.4 is 10.2 Å². The van der Waals surface area contributed by atoms with Crippen molar-refractivity contribution in [3.05, 3.63) is 16.4 Å². The number of hydrogen-bond acceptors (Lipinski definition) is 6. The van der Waals surface area contributed by atoms with Crippen molar-refractivity contribution in [2.75, 3.05) is 30.4 Å². The summed E-state index contributed by atoms with van der Waals surface area (Å²) in [5.41, 5.74) is 0.159. The predicted octanol–water partition coefficient (Wildman–Crippen LogP) is 2.30. The fourth-order valence-electron chi connectivity index (χ4n) is 2.61. The Hall–Kier alpha value is -1.92. The lowest BCUT2D eigenvalue weighted by molar-refractivity contribution is -0.383. The van der Waals surface area contributed by atoms with Crippen molar-refractivity contribution in [2.24, 2.45) is 11.3 Å². The third-order valence-electron chi connectivity index (χ3n) is 3.93. The fraction of sp³-hybridized carbons (Fsp3) is 0.692. The highest BCUT2D eigenvalue weighted by atomic mass is 16.6. The molecule has 1 aliphatic heterocycles. The standard InChI is InChI=1S/C13H21N5O2/c1-13(2,3)9-5-6-17(7-9)12-10(18(19)20)11(14-4)15-8-16-12/h8-9H,5-7H2,1-4H3,(H,14,15,16). The van der Waals surface area contributed by atoms with Crippen molar-refractivity contribution < 1.29 is 4.92 Å². The molecule has 1 aliphatic rings. The molecule has 1 unspecified atom stereocenters. The van der Waals surface area contributed by atoms with Gasteiger partial charge in [0.2, 0.25) is 11.6 Å². The zero-order valence-corrected chi connectivity index (χ0v) is 12.4. The molecule has 1 fully saturated rings. The molecular formula is C13H21N5O2. The number of hydrogen-bond donors (Lipinski definition) is 1. The molecule has 1 N–H and O–H groups in total. The zero-order valence-electron chi connectivity index (χ0n) is 12.4. The number of rotatable bonds is 3. The van der Waals surface area contributed by atoms with Crippen LogP contribution >= 0.6 is 0 Å². The van der Waals surface area contributed by atoms with Crippen LogP contribution in [0.3, 0.4) is 0 Å². The Morgan fingerprint density at radius 3 is 2.65 bits per heavy atom. The maximum Gasteiger partial charge on any atom is 0.353 e. The average molecular weight is 279 g/mol. The second-order valence-electron chi connectivity index (χ2n) is 6.20. The van der Waals surface area contributed by atoms with Gasteiger partial charge in [-0.1, -0.05) is 20.8 Å². The first-order chi connectivity index (χ1) is 9.34. The molecule has 0 bridgehead atoms. The van der Waals surface area contributed by atoms with Gasteiger partial charge in [-0.2, -0.15) is 0 Å². The smallest absolute Gasteiger partial charge is 0.353 e. The van der Waals surface area contributed by atoms with E-state index in [0.717, 1.165) is 19.5 Å². The molecule has 0 amide bonds. The van der Waals surface area contributed by atoms with Crippen LogP contribution in [0.1, 0.15) is 27.2 Å². The van der Waals surface area contributed by atoms with Gasteiger partial charge in [0.05, 0.1) is 4.92 Å². The first kappa shape index (κ1) is 14.5. The highest BCUT2D eigenvalue weighted by Crippen LogP contribution is 2.39. The fourth-order valence-corrected chi connectivity index (χ4v) is 2.61. The Balaban J connectivity index is 2.33. The summed E-state index contributed by atoms with van der Waals surface area (Å²) < 4.78 is 0. The molecule has 1 aromatic rings. The van der Waals surface area contributed by atoms with Crippen molar-refractivity contribution in [1.82, 2.24) is 9.97 Å². The van der Waals surface area contributed by atoms with Gasteiger partial charge in [-0.15, -0.1) is 0 Å². The molecule has 20 heavy (non-hydrogen) atoms. The SMILES string of the molecule is CNc1ncnc(N2CCC(C(C)(C)C)C2)c1[N+](=O)[O-]. The molecule has 2 rings (SSSR count). The van der Waals surface area contributed by atoms with Crippen LogP contribution in [0, 0.1) is 21.4 Å². The number of nitrogens with one attached hydrogen (secondary N) is 1. The highest BCUT2D eigenvalue weighted by Gasteiger charge is 2.36. The summed E-state index contributed by atoms with van der Waals surface area (Å²) in [5, 5.41) is 14.1. The Kier molecular flexibility index (Phi) is 3.78. The Morgan fingerprint density at radius 1 is 1.45 bits per heavy atom. The minimum absolute atomic E-state index is 0.0374. The molecule has 1 saturated heterocycles. The second-order valence-corrected chi connectivity index (χ2v) is 6.20. The lowest BCUT2D eigenvalue weighted by Gasteiger charge is -2.27. The van der Waals surface area contributed by atoms with E-state index in [-0.39, 0.29) is 16.9 Å². The van der Waals surface area contributed by atoms with E-state index in [1.165, 1.54) is 6.33 Å². The van der Waals surface area contributed by atoms with Gasteiger partial charge in [0.25, 0.3) is 0 Å². The maximum absolute atomic E-state index is 11.3. The van der Waals surface area contributed by atoms with Gasteiger partial charge in [0.15, 0.2) is 0 Å². The predicted molar refractivity (Wildman–Crippen MR) is 78.0 cm³/mol. The van der Waals surface area contributed by atoms with Crippen molar-refractivity contribution >= 4 is 17.3 Å². The summed E-state index contributed by atoms with van der Waals surface area (Å²) in [4.78, 5) is 20.9. The van der Waals surface area contributed by atoms with Crippen LogP contribution in [-0.2, 0) is 0 Å². The minimum atomic E-state index is -0.411. The van der Waals surface area contributed by atoms with Crippen molar-refractivity contribution in [3.8, 4) is 0 Å². The molecule has 2 heterocycles. The number of nitrogens with zero attached hydrogens (tertiary/aromatic N) is 4. The van der Waals surface area contributed by atoms with Crippen LogP contribution in [0.5, 0.6) is 0 Å². The summed E-state index contributed by atoms with van der Waals surface area (Å²) in [5.74, 6) is 1.19. The molecule has 1 aromatic heterocycles. The van der Waals surface area contributed by atoms with Gasteiger partial charge >= 0.3 is 5.69 Å². The largest absolute Gasteiger partial charge is 0.367 e. The summed E-state index contributed by atoms with van der Waals surface area (Å²) >= 11 is 0. The second kappa shape index (κ2) is 5.22. The van der Waals surface area contributed by atoms with E-state index in [1.54, 1.807) is 7.05 Å². The van der Waals surface area contributed by atoms with Gasteiger partial charge in [-0.3, -0.25) is 10.1 Å². The van der Waals surface area contributed by atoms with E-state index in [2.05, 4.69) is 36.1 Å². The summed E-state index contributed by atoms with van der Waals surface area (Å²) in [6.07, 6.45) is 2.40. The number of anilines is 2. The zero-order chi connectivity index (χ0) is 14.9. The summed E-state index contributed by atoms with van der Waals surface area (Å²) in [7, 11) is 1.63. The molecule has 0 spiro atoms. The highest BCUT2D eigenvalue weighted by molar-refractivity contribution is 5.70. The van der Waals surface area contributed by atoms with Gasteiger partial charge in [-0.05, 0) is 17.8 Å². The van der Waals surface area contributed by atoms with Crippen LogP contribution in [0.4, 0.5) is 17.3 Å². The Morgan fingerprint density at radius 2 is 2.15 bits per heavy atom. The topological polar surface area (TPSA) is 84.2 Å². The molecule has 0 aromatic carbocycles. The molecule has 0 aliphatic carbocycles. The first-order valence-electron chi connectivity index (χ1n) is 6.76. The van der Waals surface area contributed by atoms with E-state index in [0.29, 0.717) is 11.7 Å². The summed E-state index contributed by atoms with van der Waals surface area (Å²) in [6, 6.07) is 0. The molecular weight excluding hydrogens is 258 g/mol. The number of nitro groups is 1. The van der Waals surface area contributed by atoms with Crippen LogP contribution in [0.25, 0.3) is 0 Å². The molecule has 7 nitrogen and oxygen atoms in total. The molecule has 1 atom stereocenters. The number of aromatic nitrogens is 2. The lowest BCUT2D eigenvalue weighted by Crippen LogP contribution is -2.27. The minimum Gasteiger partial charge on any atom is -0.367 e. The summed E-state index contributed by atoms with van der Waals surface area (Å²) in [6.45, 7) is 8.20. The van der Waals surface area contributed by atoms with Gasteiger partial charge < -0.3 is 10.2 Å². The van der Waals surface area contributed by atoms with Crippen LogP contribution in [-0.4, -0.2) is 35.0 Å². The lowest BCUT2D eigenvalue weighted by atomic mass is 9.80. The van der Waals surface area contributed by atoms with Crippen LogP contribution in [0.2, 0.25) is 0 Å². The van der Waals surface area contributed by atoms with Gasteiger partial charge in [0.1, 0.15) is 6.33 Å². The average Bonchev–Trinajstić information content (AvgIpc) is 2.86. The van der Waals surface area contributed by atoms with Crippen molar-refractivity contribution in [2.45, 2.75) is 27.2 Å². The quantitative estimate of drug-likeness (QED) is 0.675. The van der Waals surface area contributed by atoms with Crippen molar-refractivity contribution in [3.63, 3.8) is 0 Å². The van der Waals surface area contributed by atoms with E-state index in [1.807, 2.05) is 4.90 Å². The van der Waals surface area contributed by atoms with Crippen LogP contribution in [0.15, 0.2) is 6.33 Å². The van der Waals surface area contributed by atoms with Gasteiger partial charge in [-0.25, -0.2) is 9.97 Å². The Labute approximate surface area is 118 Å². The molecule has 7 heteroatoms. The van der Waals surface area contributed by atoms with E-state index < -0.39 is 4.92 Å². The third kappa shape index (κ3) is 2.66. The monoisotopic (exact) mass is 279 g/mol. The Bertz CT molecular complexity index is 512. The third-order valence-corrected chi connectivity index (χ3v) is 3.93. The maximum atomic E-state index is 11.3. The normalized spacial score (nSPS) is 19.2. The molecule has 0 saturated carbocycles. The van der Waals surface area contributed by atoms with E-state index in [9.17, 15) is 10.1 Å².